The standard InChI is InChI=1S/C28H36O2Si/c1-27(2,3)31(4,5)30-23-15-22-29-28(24-16-9-6-10-17-24,25-18-11-7-12-19-25)26-20-13-8-14-21-26/h6-14,16-21H,15,22-23H2,1-5H3. The smallest absolute Gasteiger partial charge is 0.191 e. The molecule has 0 spiro atoms. The van der Waals surface area contributed by atoms with E-state index in [9.17, 15) is 0 Å². The van der Waals surface area contributed by atoms with E-state index in [0.717, 1.165) is 29.7 Å². The molecule has 0 saturated carbocycles. The van der Waals surface area contributed by atoms with Gasteiger partial charge in [0.1, 0.15) is 5.60 Å². The molecular weight excluding hydrogens is 396 g/mol. The Balaban J connectivity index is 1.88. The lowest BCUT2D eigenvalue weighted by atomic mass is 9.80. The third-order valence-corrected chi connectivity index (χ3v) is 11.0. The maximum atomic E-state index is 6.82. The maximum absolute atomic E-state index is 6.82. The van der Waals surface area contributed by atoms with Crippen LogP contribution in [0.1, 0.15) is 43.9 Å². The second-order valence-electron chi connectivity index (χ2n) is 9.59. The van der Waals surface area contributed by atoms with Crippen LogP contribution in [-0.4, -0.2) is 21.5 Å². The van der Waals surface area contributed by atoms with E-state index in [1.165, 1.54) is 0 Å². The molecule has 3 aromatic carbocycles. The van der Waals surface area contributed by atoms with Gasteiger partial charge in [-0.3, -0.25) is 0 Å². The van der Waals surface area contributed by atoms with Crippen LogP contribution in [0.3, 0.4) is 0 Å². The van der Waals surface area contributed by atoms with Crippen molar-refractivity contribution < 1.29 is 9.16 Å². The highest BCUT2D eigenvalue weighted by Crippen LogP contribution is 2.41. The lowest BCUT2D eigenvalue weighted by Gasteiger charge is -2.37. The first kappa shape index (κ1) is 23.5. The molecule has 0 fully saturated rings. The van der Waals surface area contributed by atoms with E-state index < -0.39 is 13.9 Å². The van der Waals surface area contributed by atoms with E-state index in [1.54, 1.807) is 0 Å². The normalized spacial score (nSPS) is 12.7. The molecule has 0 heterocycles. The first-order valence-electron chi connectivity index (χ1n) is 11.2. The molecule has 3 aromatic rings. The van der Waals surface area contributed by atoms with Gasteiger partial charge in [0.2, 0.25) is 0 Å². The number of benzene rings is 3. The van der Waals surface area contributed by atoms with Crippen LogP contribution in [-0.2, 0) is 14.8 Å². The van der Waals surface area contributed by atoms with Crippen LogP contribution >= 0.6 is 0 Å². The lowest BCUT2D eigenvalue weighted by molar-refractivity contribution is 0.00656. The first-order valence-corrected chi connectivity index (χ1v) is 14.1. The molecule has 3 heteroatoms. The van der Waals surface area contributed by atoms with Crippen molar-refractivity contribution in [2.75, 3.05) is 13.2 Å². The van der Waals surface area contributed by atoms with E-state index in [0.29, 0.717) is 6.61 Å². The summed E-state index contributed by atoms with van der Waals surface area (Å²) in [6, 6.07) is 31.6. The molecule has 0 aliphatic carbocycles. The number of rotatable bonds is 9. The Morgan fingerprint density at radius 1 is 0.613 bits per heavy atom. The third kappa shape index (κ3) is 5.35. The minimum Gasteiger partial charge on any atom is -0.417 e. The van der Waals surface area contributed by atoms with Gasteiger partial charge >= 0.3 is 0 Å². The van der Waals surface area contributed by atoms with Crippen molar-refractivity contribution in [1.29, 1.82) is 0 Å². The van der Waals surface area contributed by atoms with Gasteiger partial charge < -0.3 is 9.16 Å². The van der Waals surface area contributed by atoms with Gasteiger partial charge in [0.25, 0.3) is 0 Å². The fraction of sp³-hybridized carbons (Fsp3) is 0.357. The predicted octanol–water partition coefficient (Wildman–Crippen LogP) is 7.41. The molecule has 31 heavy (non-hydrogen) atoms. The van der Waals surface area contributed by atoms with E-state index in [-0.39, 0.29) is 5.04 Å². The Morgan fingerprint density at radius 2 is 1.00 bits per heavy atom. The fourth-order valence-electron chi connectivity index (χ4n) is 3.60. The first-order chi connectivity index (χ1) is 14.8. The van der Waals surface area contributed by atoms with Gasteiger partial charge in [-0.1, -0.05) is 112 Å². The maximum Gasteiger partial charge on any atom is 0.191 e. The number of hydrogen-bond donors (Lipinski definition) is 0. The molecule has 0 amide bonds. The van der Waals surface area contributed by atoms with Gasteiger partial charge in [0.05, 0.1) is 6.61 Å². The molecule has 0 bridgehead atoms. The van der Waals surface area contributed by atoms with Crippen molar-refractivity contribution in [3.05, 3.63) is 108 Å². The van der Waals surface area contributed by atoms with Gasteiger partial charge in [-0.2, -0.15) is 0 Å². The van der Waals surface area contributed by atoms with Gasteiger partial charge in [0.15, 0.2) is 8.32 Å². The summed E-state index contributed by atoms with van der Waals surface area (Å²) in [4.78, 5) is 0. The van der Waals surface area contributed by atoms with E-state index in [1.807, 2.05) is 0 Å². The summed E-state index contributed by atoms with van der Waals surface area (Å²) in [5.41, 5.74) is 2.76. The Bertz CT molecular complexity index is 819. The fourth-order valence-corrected chi connectivity index (χ4v) is 4.68. The van der Waals surface area contributed by atoms with Crippen molar-refractivity contribution >= 4 is 8.32 Å². The summed E-state index contributed by atoms with van der Waals surface area (Å²) in [7, 11) is -1.75. The minimum absolute atomic E-state index is 0.218. The van der Waals surface area contributed by atoms with Crippen LogP contribution in [0, 0.1) is 0 Å². The van der Waals surface area contributed by atoms with Crippen LogP contribution in [0.2, 0.25) is 18.1 Å². The summed E-state index contributed by atoms with van der Waals surface area (Å²) in [5.74, 6) is 0. The molecule has 0 unspecified atom stereocenters. The van der Waals surface area contributed by atoms with Gasteiger partial charge in [-0.25, -0.2) is 0 Å². The van der Waals surface area contributed by atoms with Crippen LogP contribution in [0.25, 0.3) is 0 Å². The molecule has 0 aliphatic heterocycles. The SMILES string of the molecule is CC(C)(C)[Si](C)(C)OCCCOC(c1ccccc1)(c1ccccc1)c1ccccc1. The zero-order chi connectivity index (χ0) is 22.4. The van der Waals surface area contributed by atoms with Crippen molar-refractivity contribution in [2.45, 2.75) is 50.9 Å². The van der Waals surface area contributed by atoms with Crippen LogP contribution < -0.4 is 0 Å². The summed E-state index contributed by atoms with van der Waals surface area (Å²) < 4.78 is 13.2. The molecule has 0 N–H and O–H groups in total. The van der Waals surface area contributed by atoms with E-state index in [4.69, 9.17) is 9.16 Å². The Hall–Kier alpha value is -2.20. The molecule has 0 aliphatic rings. The second-order valence-corrected chi connectivity index (χ2v) is 14.4. The quantitative estimate of drug-likeness (QED) is 0.199. The van der Waals surface area contributed by atoms with Crippen molar-refractivity contribution in [3.63, 3.8) is 0 Å². The molecule has 3 rings (SSSR count). The summed E-state index contributed by atoms with van der Waals surface area (Å²) in [6.45, 7) is 12.8. The van der Waals surface area contributed by atoms with Crippen molar-refractivity contribution in [2.24, 2.45) is 0 Å². The average molecular weight is 433 g/mol. The average Bonchev–Trinajstić information content (AvgIpc) is 2.77. The predicted molar refractivity (Wildman–Crippen MR) is 133 cm³/mol. The highest BCUT2D eigenvalue weighted by atomic mass is 28.4. The Labute approximate surface area is 189 Å². The van der Waals surface area contributed by atoms with E-state index >= 15 is 0 Å². The third-order valence-electron chi connectivity index (χ3n) is 6.42. The van der Waals surface area contributed by atoms with E-state index in [2.05, 4.69) is 125 Å². The topological polar surface area (TPSA) is 18.5 Å². The zero-order valence-electron chi connectivity index (χ0n) is 19.6. The second kappa shape index (κ2) is 9.95. The van der Waals surface area contributed by atoms with Crippen LogP contribution in [0.15, 0.2) is 91.0 Å². The Kier molecular flexibility index (Phi) is 7.53. The van der Waals surface area contributed by atoms with Crippen molar-refractivity contribution in [3.8, 4) is 0 Å². The molecule has 0 radical (unpaired) electrons. The molecule has 164 valence electrons. The largest absolute Gasteiger partial charge is 0.417 e. The zero-order valence-corrected chi connectivity index (χ0v) is 20.6. The number of ether oxygens (including phenoxy) is 1. The van der Waals surface area contributed by atoms with Gasteiger partial charge in [-0.15, -0.1) is 0 Å². The minimum atomic E-state index is -1.75. The summed E-state index contributed by atoms with van der Waals surface area (Å²) in [5, 5.41) is 0.218. The summed E-state index contributed by atoms with van der Waals surface area (Å²) in [6.07, 6.45) is 0.862. The van der Waals surface area contributed by atoms with Crippen LogP contribution in [0.4, 0.5) is 0 Å². The monoisotopic (exact) mass is 432 g/mol. The van der Waals surface area contributed by atoms with Gasteiger partial charge in [-0.05, 0) is 41.2 Å². The molecule has 0 atom stereocenters. The van der Waals surface area contributed by atoms with Gasteiger partial charge in [0, 0.05) is 6.61 Å². The lowest BCUT2D eigenvalue weighted by Crippen LogP contribution is -2.41. The molecule has 2 nitrogen and oxygen atoms in total. The number of hydrogen-bond acceptors (Lipinski definition) is 2. The van der Waals surface area contributed by atoms with Crippen LogP contribution in [0.5, 0.6) is 0 Å². The molecular formula is C28H36O2Si. The highest BCUT2D eigenvalue weighted by molar-refractivity contribution is 6.74. The molecule has 0 saturated heterocycles. The molecule has 0 aromatic heterocycles. The van der Waals surface area contributed by atoms with Crippen molar-refractivity contribution in [1.82, 2.24) is 0 Å². The summed E-state index contributed by atoms with van der Waals surface area (Å²) >= 11 is 0. The Morgan fingerprint density at radius 3 is 1.35 bits per heavy atom. The highest BCUT2D eigenvalue weighted by Gasteiger charge is 2.38.